The summed E-state index contributed by atoms with van der Waals surface area (Å²) in [6.07, 6.45) is 4.73. The summed E-state index contributed by atoms with van der Waals surface area (Å²) in [5.41, 5.74) is 8.96. The molecule has 3 aliphatic rings. The third kappa shape index (κ3) is 1.43. The van der Waals surface area contributed by atoms with Gasteiger partial charge in [0.05, 0.1) is 19.2 Å². The third-order valence-electron chi connectivity index (χ3n) is 4.75. The molecule has 2 N–H and O–H groups in total. The molecule has 100 valence electrons. The highest BCUT2D eigenvalue weighted by atomic mass is 16.5. The summed E-state index contributed by atoms with van der Waals surface area (Å²) < 4.78 is 5.39. The fourth-order valence-corrected chi connectivity index (χ4v) is 3.68. The van der Waals surface area contributed by atoms with E-state index in [0.29, 0.717) is 6.04 Å². The Kier molecular flexibility index (Phi) is 2.14. The Bertz CT molecular complexity index is 565. The zero-order valence-corrected chi connectivity index (χ0v) is 11.2. The van der Waals surface area contributed by atoms with E-state index in [1.165, 1.54) is 24.0 Å². The third-order valence-corrected chi connectivity index (χ3v) is 4.75. The van der Waals surface area contributed by atoms with Crippen molar-refractivity contribution >= 4 is 5.96 Å². The van der Waals surface area contributed by atoms with Gasteiger partial charge in [0.15, 0.2) is 5.96 Å². The topological polar surface area (TPSA) is 50.9 Å². The Hall–Kier alpha value is -1.71. The number of hydrogen-bond donors (Lipinski definition) is 1. The van der Waals surface area contributed by atoms with Gasteiger partial charge in [-0.1, -0.05) is 6.07 Å². The largest absolute Gasteiger partial charge is 0.497 e. The molecule has 1 saturated carbocycles. The van der Waals surface area contributed by atoms with E-state index < -0.39 is 0 Å². The second-order valence-corrected chi connectivity index (χ2v) is 5.83. The highest BCUT2D eigenvalue weighted by molar-refractivity contribution is 5.82. The zero-order chi connectivity index (χ0) is 13.0. The Labute approximate surface area is 113 Å². The quantitative estimate of drug-likeness (QED) is 0.876. The molecule has 0 saturated heterocycles. The highest BCUT2D eigenvalue weighted by Crippen LogP contribution is 2.49. The van der Waals surface area contributed by atoms with Crippen molar-refractivity contribution in [3.63, 3.8) is 0 Å². The summed E-state index contributed by atoms with van der Waals surface area (Å²) in [7, 11) is 1.72. The number of methoxy groups -OCH3 is 1. The van der Waals surface area contributed by atoms with Gasteiger partial charge in [0.1, 0.15) is 5.75 Å². The number of rotatable bonds is 2. The van der Waals surface area contributed by atoms with Crippen molar-refractivity contribution < 1.29 is 4.74 Å². The van der Waals surface area contributed by atoms with E-state index >= 15 is 0 Å². The first-order chi connectivity index (χ1) is 9.24. The van der Waals surface area contributed by atoms with Crippen molar-refractivity contribution in [2.75, 3.05) is 13.7 Å². The molecule has 4 rings (SSSR count). The molecule has 0 amide bonds. The summed E-state index contributed by atoms with van der Waals surface area (Å²) in [6, 6.07) is 7.04. The van der Waals surface area contributed by atoms with Gasteiger partial charge in [-0.3, -0.25) is 4.99 Å². The first kappa shape index (κ1) is 11.1. The van der Waals surface area contributed by atoms with E-state index in [1.807, 2.05) is 0 Å². The van der Waals surface area contributed by atoms with Crippen LogP contribution < -0.4 is 10.5 Å². The van der Waals surface area contributed by atoms with E-state index in [1.54, 1.807) is 7.11 Å². The van der Waals surface area contributed by atoms with Crippen molar-refractivity contribution in [2.45, 2.75) is 37.3 Å². The predicted octanol–water partition coefficient (Wildman–Crippen LogP) is 1.63. The minimum atomic E-state index is 0.00905. The lowest BCUT2D eigenvalue weighted by molar-refractivity contribution is 0.192. The molecule has 1 fully saturated rings. The number of nitrogens with zero attached hydrogens (tertiary/aromatic N) is 2. The summed E-state index contributed by atoms with van der Waals surface area (Å²) in [5.74, 6) is 1.67. The number of aliphatic imine (C=N–C) groups is 1. The van der Waals surface area contributed by atoms with Gasteiger partial charge in [-0.25, -0.2) is 0 Å². The number of fused-ring (bicyclic) bond motifs is 2. The van der Waals surface area contributed by atoms with Crippen LogP contribution in [-0.2, 0) is 12.0 Å². The van der Waals surface area contributed by atoms with Gasteiger partial charge in [0.2, 0.25) is 0 Å². The fraction of sp³-hybridized carbons (Fsp3) is 0.533. The second-order valence-electron chi connectivity index (χ2n) is 5.83. The van der Waals surface area contributed by atoms with Crippen LogP contribution in [0, 0.1) is 0 Å². The summed E-state index contributed by atoms with van der Waals surface area (Å²) in [5, 5.41) is 0. The number of guanidine groups is 1. The number of hydrogen-bond acceptors (Lipinski definition) is 4. The van der Waals surface area contributed by atoms with Crippen LogP contribution in [0.25, 0.3) is 0 Å². The zero-order valence-electron chi connectivity index (χ0n) is 11.2. The Morgan fingerprint density at radius 2 is 2.26 bits per heavy atom. The Morgan fingerprint density at radius 3 is 3.00 bits per heavy atom. The molecule has 1 heterocycles. The molecule has 1 aromatic carbocycles. The van der Waals surface area contributed by atoms with Crippen molar-refractivity contribution in [3.8, 4) is 5.75 Å². The Morgan fingerprint density at radius 1 is 1.42 bits per heavy atom. The first-order valence-electron chi connectivity index (χ1n) is 7.01. The van der Waals surface area contributed by atoms with E-state index in [-0.39, 0.29) is 5.54 Å². The summed E-state index contributed by atoms with van der Waals surface area (Å²) in [6.45, 7) is 0.801. The van der Waals surface area contributed by atoms with Gasteiger partial charge in [-0.2, -0.15) is 0 Å². The molecule has 1 atom stereocenters. The average Bonchev–Trinajstić information content (AvgIpc) is 3.12. The molecule has 0 bridgehead atoms. The molecule has 4 heteroatoms. The molecular weight excluding hydrogens is 238 g/mol. The Balaban J connectivity index is 1.82. The van der Waals surface area contributed by atoms with Crippen molar-refractivity contribution in [1.29, 1.82) is 0 Å². The average molecular weight is 257 g/mol. The molecule has 19 heavy (non-hydrogen) atoms. The number of ether oxygens (including phenoxy) is 1. The van der Waals surface area contributed by atoms with Gasteiger partial charge in [0, 0.05) is 6.04 Å². The SMILES string of the molecule is COc1ccc2c(c1)C1(CC2)CN=C(N)N1C1CC1. The van der Waals surface area contributed by atoms with Crippen LogP contribution >= 0.6 is 0 Å². The predicted molar refractivity (Wildman–Crippen MR) is 74.3 cm³/mol. The van der Waals surface area contributed by atoms with Crippen LogP contribution in [-0.4, -0.2) is 30.6 Å². The molecule has 1 spiro atoms. The van der Waals surface area contributed by atoms with Crippen molar-refractivity contribution in [1.82, 2.24) is 4.90 Å². The monoisotopic (exact) mass is 257 g/mol. The van der Waals surface area contributed by atoms with Gasteiger partial charge in [-0.15, -0.1) is 0 Å². The van der Waals surface area contributed by atoms with Crippen molar-refractivity contribution in [3.05, 3.63) is 29.3 Å². The molecule has 1 aromatic rings. The van der Waals surface area contributed by atoms with Crippen LogP contribution in [0.2, 0.25) is 0 Å². The molecule has 4 nitrogen and oxygen atoms in total. The van der Waals surface area contributed by atoms with Crippen LogP contribution in [0.1, 0.15) is 30.4 Å². The molecule has 2 aliphatic carbocycles. The highest BCUT2D eigenvalue weighted by Gasteiger charge is 2.52. The lowest BCUT2D eigenvalue weighted by Crippen LogP contribution is -2.49. The van der Waals surface area contributed by atoms with Gasteiger partial charge >= 0.3 is 0 Å². The fourth-order valence-electron chi connectivity index (χ4n) is 3.68. The maximum atomic E-state index is 6.15. The number of aryl methyl sites for hydroxylation is 1. The van der Waals surface area contributed by atoms with E-state index in [0.717, 1.165) is 31.1 Å². The maximum absolute atomic E-state index is 6.15. The van der Waals surface area contributed by atoms with E-state index in [2.05, 4.69) is 28.1 Å². The molecule has 0 radical (unpaired) electrons. The van der Waals surface area contributed by atoms with Gasteiger partial charge < -0.3 is 15.4 Å². The molecule has 0 aromatic heterocycles. The normalized spacial score (nSPS) is 28.7. The van der Waals surface area contributed by atoms with Gasteiger partial charge in [0.25, 0.3) is 0 Å². The maximum Gasteiger partial charge on any atom is 0.192 e. The lowest BCUT2D eigenvalue weighted by Gasteiger charge is -2.37. The summed E-state index contributed by atoms with van der Waals surface area (Å²) >= 11 is 0. The molecule has 1 aliphatic heterocycles. The lowest BCUT2D eigenvalue weighted by atomic mass is 9.90. The second kappa shape index (κ2) is 3.65. The standard InChI is InChI=1S/C15H19N3O/c1-19-12-5-2-10-6-7-15(13(10)8-12)9-17-14(16)18(15)11-3-4-11/h2,5,8,11H,3-4,6-7,9H2,1H3,(H2,16,17). The summed E-state index contributed by atoms with van der Waals surface area (Å²) in [4.78, 5) is 6.94. The number of nitrogens with two attached hydrogens (primary N) is 1. The molecular formula is C15H19N3O. The van der Waals surface area contributed by atoms with Crippen LogP contribution in [0.3, 0.4) is 0 Å². The van der Waals surface area contributed by atoms with Crippen LogP contribution in [0.15, 0.2) is 23.2 Å². The van der Waals surface area contributed by atoms with E-state index in [4.69, 9.17) is 10.5 Å². The van der Waals surface area contributed by atoms with Crippen molar-refractivity contribution in [2.24, 2.45) is 10.7 Å². The minimum Gasteiger partial charge on any atom is -0.497 e. The van der Waals surface area contributed by atoms with Crippen LogP contribution in [0.4, 0.5) is 0 Å². The molecule has 1 unspecified atom stereocenters. The minimum absolute atomic E-state index is 0.00905. The number of benzene rings is 1. The smallest absolute Gasteiger partial charge is 0.192 e. The van der Waals surface area contributed by atoms with E-state index in [9.17, 15) is 0 Å². The first-order valence-corrected chi connectivity index (χ1v) is 7.01. The van der Waals surface area contributed by atoms with Gasteiger partial charge in [-0.05, 0) is 48.9 Å². The van der Waals surface area contributed by atoms with Crippen LogP contribution in [0.5, 0.6) is 5.75 Å².